The van der Waals surface area contributed by atoms with Gasteiger partial charge in [0.15, 0.2) is 0 Å². The van der Waals surface area contributed by atoms with Gasteiger partial charge in [0.2, 0.25) is 11.8 Å². The quantitative estimate of drug-likeness (QED) is 0.204. The predicted molar refractivity (Wildman–Crippen MR) is 111 cm³/mol. The fourth-order valence-corrected chi connectivity index (χ4v) is 2.94. The molecule has 0 aliphatic rings. The zero-order valence-corrected chi connectivity index (χ0v) is 18.0. The van der Waals surface area contributed by atoms with E-state index in [1.54, 1.807) is 25.7 Å². The number of carboxylic acids is 1. The van der Waals surface area contributed by atoms with Gasteiger partial charge in [-0.3, -0.25) is 14.4 Å². The predicted octanol–water partition coefficient (Wildman–Crippen LogP) is -0.412. The molecule has 0 aromatic rings. The van der Waals surface area contributed by atoms with Gasteiger partial charge in [-0.15, -0.1) is 0 Å². The van der Waals surface area contributed by atoms with Crippen molar-refractivity contribution in [2.45, 2.75) is 50.7 Å². The molecule has 0 unspecified atom stereocenters. The van der Waals surface area contributed by atoms with Crippen molar-refractivity contribution in [2.24, 2.45) is 5.73 Å². The lowest BCUT2D eigenvalue weighted by Gasteiger charge is -2.27. The van der Waals surface area contributed by atoms with Crippen LogP contribution in [-0.2, 0) is 23.9 Å². The van der Waals surface area contributed by atoms with E-state index in [2.05, 4.69) is 22.5 Å². The van der Waals surface area contributed by atoms with Gasteiger partial charge in [0, 0.05) is 12.1 Å². The zero-order valence-electron chi connectivity index (χ0n) is 17.2. The average molecular weight is 433 g/mol. The van der Waals surface area contributed by atoms with E-state index in [1.807, 2.05) is 6.26 Å². The Morgan fingerprint density at radius 1 is 1.14 bits per heavy atom. The number of amides is 2. The highest BCUT2D eigenvalue weighted by Crippen LogP contribution is 2.10. The van der Waals surface area contributed by atoms with Crippen molar-refractivity contribution in [2.75, 3.05) is 25.7 Å². The summed E-state index contributed by atoms with van der Waals surface area (Å²) in [6, 6.07) is -2.30. The lowest BCUT2D eigenvalue weighted by atomic mass is 10.1. The third kappa shape index (κ3) is 11.3. The first-order chi connectivity index (χ1) is 13.7. The summed E-state index contributed by atoms with van der Waals surface area (Å²) in [6.07, 6.45) is 2.21. The molecule has 0 saturated heterocycles. The minimum atomic E-state index is -1.17. The van der Waals surface area contributed by atoms with Gasteiger partial charge in [-0.25, -0.2) is 4.79 Å². The molecule has 6 N–H and O–H groups in total. The number of thioether (sulfide) groups is 1. The van der Waals surface area contributed by atoms with Crippen molar-refractivity contribution < 1.29 is 29.0 Å². The molecule has 0 saturated carbocycles. The third-order valence-corrected chi connectivity index (χ3v) is 4.65. The van der Waals surface area contributed by atoms with Crippen LogP contribution in [0.5, 0.6) is 0 Å². The lowest BCUT2D eigenvalue weighted by molar-refractivity contribution is -0.149. The van der Waals surface area contributed by atoms with Crippen molar-refractivity contribution in [3.05, 3.63) is 12.3 Å². The van der Waals surface area contributed by atoms with Gasteiger partial charge < -0.3 is 31.5 Å². The Hall–Kier alpha value is -2.27. The zero-order chi connectivity index (χ0) is 22.4. The van der Waals surface area contributed by atoms with Crippen molar-refractivity contribution in [3.63, 3.8) is 0 Å². The van der Waals surface area contributed by atoms with Crippen LogP contribution in [0.4, 0.5) is 0 Å². The molecule has 0 heterocycles. The summed E-state index contributed by atoms with van der Waals surface area (Å²) in [4.78, 5) is 46.7. The van der Waals surface area contributed by atoms with E-state index in [-0.39, 0.29) is 25.4 Å². The monoisotopic (exact) mass is 432 g/mol. The van der Waals surface area contributed by atoms with Crippen molar-refractivity contribution in [3.8, 4) is 0 Å². The number of nitrogens with two attached hydrogens (primary N) is 1. The molecule has 10 nitrogen and oxygen atoms in total. The first-order valence-corrected chi connectivity index (χ1v) is 10.6. The first-order valence-electron chi connectivity index (χ1n) is 9.24. The molecule has 0 aliphatic heterocycles. The summed E-state index contributed by atoms with van der Waals surface area (Å²) in [5.74, 6) is -2.04. The maximum Gasteiger partial charge on any atom is 0.329 e. The molecule has 2 amide bonds. The van der Waals surface area contributed by atoms with Crippen LogP contribution in [0.15, 0.2) is 12.3 Å². The minimum Gasteiger partial charge on any atom is -0.481 e. The molecule has 0 aromatic heterocycles. The summed E-state index contributed by atoms with van der Waals surface area (Å²) in [7, 11) is 1.60. The van der Waals surface area contributed by atoms with E-state index < -0.39 is 42.4 Å². The Bertz CT molecular complexity index is 587. The van der Waals surface area contributed by atoms with Gasteiger partial charge in [0.05, 0.1) is 25.1 Å². The van der Waals surface area contributed by atoms with E-state index in [4.69, 9.17) is 15.6 Å². The van der Waals surface area contributed by atoms with Crippen LogP contribution in [-0.4, -0.2) is 72.6 Å². The fourth-order valence-electron chi connectivity index (χ4n) is 2.47. The topological polar surface area (TPSA) is 160 Å². The van der Waals surface area contributed by atoms with E-state index in [0.717, 1.165) is 0 Å². The third-order valence-electron chi connectivity index (χ3n) is 4.00. The Morgan fingerprint density at radius 2 is 1.79 bits per heavy atom. The number of nitrogens with one attached hydrogen (secondary N) is 3. The molecule has 0 bridgehead atoms. The molecular formula is C18H32N4O6S. The van der Waals surface area contributed by atoms with Crippen LogP contribution >= 0.6 is 11.8 Å². The second-order valence-corrected chi connectivity index (χ2v) is 7.25. The number of hydrogen-bond donors (Lipinski definition) is 5. The molecule has 0 aliphatic carbocycles. The van der Waals surface area contributed by atoms with E-state index in [1.165, 1.54) is 0 Å². The first kappa shape index (κ1) is 26.7. The largest absolute Gasteiger partial charge is 0.481 e. The van der Waals surface area contributed by atoms with Gasteiger partial charge in [-0.1, -0.05) is 6.58 Å². The van der Waals surface area contributed by atoms with Crippen molar-refractivity contribution >= 4 is 35.5 Å². The summed E-state index contributed by atoms with van der Waals surface area (Å²) in [5, 5.41) is 17.5. The number of likely N-dealkylation sites (N-methyl/N-ethyl adjacent to an activating group) is 1. The van der Waals surface area contributed by atoms with Crippen LogP contribution in [0.2, 0.25) is 0 Å². The highest BCUT2D eigenvalue weighted by atomic mass is 32.2. The van der Waals surface area contributed by atoms with Crippen LogP contribution in [0.3, 0.4) is 0 Å². The van der Waals surface area contributed by atoms with Gasteiger partial charge in [-0.2, -0.15) is 11.8 Å². The molecule has 0 spiro atoms. The Morgan fingerprint density at radius 3 is 2.28 bits per heavy atom. The number of ether oxygens (including phenoxy) is 1. The number of carbonyl (C=O) groups is 4. The van der Waals surface area contributed by atoms with Crippen LogP contribution in [0, 0.1) is 0 Å². The van der Waals surface area contributed by atoms with Crippen LogP contribution in [0.1, 0.15) is 32.6 Å². The molecule has 0 radical (unpaired) electrons. The Kier molecular flexibility index (Phi) is 13.5. The second kappa shape index (κ2) is 14.7. The number of carboxylic acid groups (broad SMARTS) is 1. The van der Waals surface area contributed by atoms with E-state index in [9.17, 15) is 19.2 Å². The van der Waals surface area contributed by atoms with E-state index in [0.29, 0.717) is 17.9 Å². The minimum absolute atomic E-state index is 0.0527. The SMILES string of the molecule is C=C(N[C@@H](CC(=O)O)C(=O)OCC)[C@H](CCSC)NC(=O)[C@H](CCC(N)=O)NC. The highest BCUT2D eigenvalue weighted by molar-refractivity contribution is 7.98. The normalized spacial score (nSPS) is 13.6. The number of primary amides is 1. The number of esters is 1. The number of hydrogen-bond acceptors (Lipinski definition) is 8. The smallest absolute Gasteiger partial charge is 0.329 e. The maximum absolute atomic E-state index is 12.6. The van der Waals surface area contributed by atoms with Crippen molar-refractivity contribution in [1.82, 2.24) is 16.0 Å². The fraction of sp³-hybridized carbons (Fsp3) is 0.667. The average Bonchev–Trinajstić information content (AvgIpc) is 2.64. The second-order valence-electron chi connectivity index (χ2n) is 6.26. The van der Waals surface area contributed by atoms with Crippen molar-refractivity contribution in [1.29, 1.82) is 0 Å². The summed E-state index contributed by atoms with van der Waals surface area (Å²) in [6.45, 7) is 5.61. The maximum atomic E-state index is 12.6. The van der Waals surface area contributed by atoms with Gasteiger partial charge in [0.1, 0.15) is 6.04 Å². The highest BCUT2D eigenvalue weighted by Gasteiger charge is 2.27. The Balaban J connectivity index is 5.22. The standard InChI is InChI=1S/C18H32N4O6S/c1-5-28-18(27)14(10-16(24)25)21-11(2)12(8-9-29-4)22-17(26)13(20-3)6-7-15(19)23/h12-14,20-21H,2,5-10H2,1,3-4H3,(H2,19,23)(H,22,26)(H,24,25)/t12-,13-,14-/m0/s1. The van der Waals surface area contributed by atoms with Crippen LogP contribution in [0.25, 0.3) is 0 Å². The van der Waals surface area contributed by atoms with Gasteiger partial charge in [-0.05, 0) is 38.8 Å². The number of aliphatic carboxylic acids is 1. The Labute approximate surface area is 175 Å². The summed E-state index contributed by atoms with van der Waals surface area (Å²) in [5.41, 5.74) is 5.44. The number of rotatable bonds is 16. The van der Waals surface area contributed by atoms with Gasteiger partial charge in [0.25, 0.3) is 0 Å². The van der Waals surface area contributed by atoms with E-state index >= 15 is 0 Å². The van der Waals surface area contributed by atoms with Gasteiger partial charge >= 0.3 is 11.9 Å². The van der Waals surface area contributed by atoms with Crippen LogP contribution < -0.4 is 21.7 Å². The molecule has 0 aromatic carbocycles. The molecule has 0 rings (SSSR count). The molecule has 29 heavy (non-hydrogen) atoms. The summed E-state index contributed by atoms with van der Waals surface area (Å²) >= 11 is 1.56. The molecular weight excluding hydrogens is 400 g/mol. The summed E-state index contributed by atoms with van der Waals surface area (Å²) < 4.78 is 4.91. The number of carbonyl (C=O) groups excluding carboxylic acids is 3. The molecule has 166 valence electrons. The molecule has 3 atom stereocenters. The lowest BCUT2D eigenvalue weighted by Crippen LogP contribution is -2.51. The molecule has 11 heteroatoms. The molecule has 0 fully saturated rings.